The third kappa shape index (κ3) is 4.09. The number of piperazine rings is 1. The predicted molar refractivity (Wildman–Crippen MR) is 91.8 cm³/mol. The lowest BCUT2D eigenvalue weighted by molar-refractivity contribution is 0.00268. The van der Waals surface area contributed by atoms with E-state index < -0.39 is 6.16 Å². The largest absolute Gasteiger partial charge is 0.511 e. The summed E-state index contributed by atoms with van der Waals surface area (Å²) in [6.07, 6.45) is 6.61. The molecule has 0 aliphatic carbocycles. The van der Waals surface area contributed by atoms with E-state index in [1.807, 2.05) is 12.3 Å². The van der Waals surface area contributed by atoms with Crippen LogP contribution in [0.25, 0.3) is 0 Å². The number of hydrogen-bond acceptors (Lipinski definition) is 6. The van der Waals surface area contributed by atoms with Crippen LogP contribution in [0.5, 0.6) is 0 Å². The van der Waals surface area contributed by atoms with Gasteiger partial charge in [-0.1, -0.05) is 0 Å². The molecule has 0 aromatic rings. The second kappa shape index (κ2) is 7.55. The van der Waals surface area contributed by atoms with Gasteiger partial charge in [-0.25, -0.2) is 4.79 Å². The van der Waals surface area contributed by atoms with Gasteiger partial charge in [0.1, 0.15) is 5.76 Å². The molecule has 0 atom stereocenters. The molecule has 0 amide bonds. The number of nitrogens with zero attached hydrogens (tertiary/aromatic N) is 3. The van der Waals surface area contributed by atoms with Gasteiger partial charge in [-0.2, -0.15) is 0 Å². The van der Waals surface area contributed by atoms with Crippen LogP contribution >= 0.6 is 0 Å². The molecule has 0 aromatic carbocycles. The van der Waals surface area contributed by atoms with Gasteiger partial charge in [-0.05, 0) is 45.1 Å². The van der Waals surface area contributed by atoms with Gasteiger partial charge in [0.15, 0.2) is 0 Å². The van der Waals surface area contributed by atoms with Crippen LogP contribution in [0.4, 0.5) is 4.79 Å². The fourth-order valence-corrected chi connectivity index (χ4v) is 3.93. The van der Waals surface area contributed by atoms with Crippen LogP contribution in [0.1, 0.15) is 12.8 Å². The summed E-state index contributed by atoms with van der Waals surface area (Å²) in [5.41, 5.74) is 0.204. The van der Waals surface area contributed by atoms with E-state index in [1.165, 1.54) is 0 Å². The van der Waals surface area contributed by atoms with Crippen molar-refractivity contribution in [2.24, 2.45) is 0 Å². The SMILES string of the molecule is CN1CCN(C2(CN3C=CC(OC(=O)O)=CC3)CCNCC2)CC1. The Labute approximate surface area is 143 Å². The molecule has 7 nitrogen and oxygen atoms in total. The maximum atomic E-state index is 10.6. The van der Waals surface area contributed by atoms with Gasteiger partial charge in [0, 0.05) is 51.0 Å². The van der Waals surface area contributed by atoms with E-state index in [0.29, 0.717) is 12.3 Å². The molecule has 0 spiro atoms. The van der Waals surface area contributed by atoms with E-state index in [4.69, 9.17) is 9.84 Å². The number of carbonyl (C=O) groups is 1. The first-order chi connectivity index (χ1) is 11.6. The lowest BCUT2D eigenvalue weighted by Gasteiger charge is -2.51. The number of rotatable bonds is 4. The van der Waals surface area contributed by atoms with Gasteiger partial charge in [0.05, 0.1) is 0 Å². The standard InChI is InChI=1S/C17H28N4O3/c1-19-10-12-21(13-11-19)17(4-6-18-7-5-17)14-20-8-2-15(3-9-20)24-16(22)23/h2-3,8,18H,4-7,9-14H2,1H3,(H,22,23). The van der Waals surface area contributed by atoms with Crippen LogP contribution in [-0.2, 0) is 4.74 Å². The van der Waals surface area contributed by atoms with Crippen molar-refractivity contribution in [2.45, 2.75) is 18.4 Å². The summed E-state index contributed by atoms with van der Waals surface area (Å²) in [5.74, 6) is 0.415. The second-order valence-corrected chi connectivity index (χ2v) is 6.98. The first-order valence-corrected chi connectivity index (χ1v) is 8.75. The summed E-state index contributed by atoms with van der Waals surface area (Å²) in [4.78, 5) is 18.0. The Morgan fingerprint density at radius 3 is 2.58 bits per heavy atom. The van der Waals surface area contributed by atoms with Crippen molar-refractivity contribution in [3.63, 3.8) is 0 Å². The van der Waals surface area contributed by atoms with Gasteiger partial charge in [-0.15, -0.1) is 0 Å². The zero-order valence-corrected chi connectivity index (χ0v) is 14.4. The maximum absolute atomic E-state index is 10.6. The van der Waals surface area contributed by atoms with Crippen LogP contribution in [0.2, 0.25) is 0 Å². The van der Waals surface area contributed by atoms with Crippen LogP contribution in [-0.4, -0.2) is 90.9 Å². The summed E-state index contributed by atoms with van der Waals surface area (Å²) >= 11 is 0. The zero-order valence-electron chi connectivity index (χ0n) is 14.4. The average Bonchev–Trinajstić information content (AvgIpc) is 2.58. The van der Waals surface area contributed by atoms with E-state index in [9.17, 15) is 4.79 Å². The minimum Gasteiger partial charge on any atom is -0.449 e. The van der Waals surface area contributed by atoms with Crippen molar-refractivity contribution in [3.05, 3.63) is 24.1 Å². The van der Waals surface area contributed by atoms with Gasteiger partial charge < -0.3 is 25.0 Å². The molecule has 0 bridgehead atoms. The fourth-order valence-electron chi connectivity index (χ4n) is 3.93. The van der Waals surface area contributed by atoms with Crippen molar-refractivity contribution in [1.82, 2.24) is 20.0 Å². The van der Waals surface area contributed by atoms with Gasteiger partial charge in [0.25, 0.3) is 0 Å². The highest BCUT2D eigenvalue weighted by atomic mass is 16.7. The number of nitrogens with one attached hydrogen (secondary N) is 1. The molecule has 3 rings (SSSR count). The summed E-state index contributed by atoms with van der Waals surface area (Å²) in [5, 5.41) is 12.2. The molecule has 0 saturated carbocycles. The topological polar surface area (TPSA) is 68.3 Å². The zero-order chi connectivity index (χ0) is 17.0. The predicted octanol–water partition coefficient (Wildman–Crippen LogP) is 0.764. The minimum absolute atomic E-state index is 0.204. The van der Waals surface area contributed by atoms with E-state index in [2.05, 4.69) is 27.1 Å². The maximum Gasteiger partial charge on any atom is 0.511 e. The molecule has 24 heavy (non-hydrogen) atoms. The molecule has 3 heterocycles. The first kappa shape index (κ1) is 17.3. The highest BCUT2D eigenvalue weighted by Gasteiger charge is 2.40. The molecule has 134 valence electrons. The Balaban J connectivity index is 1.64. The third-order valence-electron chi connectivity index (χ3n) is 5.39. The fraction of sp³-hybridized carbons (Fsp3) is 0.706. The number of hydrogen-bond donors (Lipinski definition) is 2. The van der Waals surface area contributed by atoms with Crippen LogP contribution in [0, 0.1) is 0 Å². The number of carboxylic acid groups (broad SMARTS) is 1. The Kier molecular flexibility index (Phi) is 5.43. The Hall–Kier alpha value is -1.57. The van der Waals surface area contributed by atoms with Gasteiger partial charge >= 0.3 is 6.16 Å². The van der Waals surface area contributed by atoms with Crippen molar-refractivity contribution in [3.8, 4) is 0 Å². The molecule has 7 heteroatoms. The van der Waals surface area contributed by atoms with Gasteiger partial charge in [-0.3, -0.25) is 4.90 Å². The molecular formula is C17H28N4O3. The molecule has 0 aromatic heterocycles. The highest BCUT2D eigenvalue weighted by molar-refractivity contribution is 5.59. The third-order valence-corrected chi connectivity index (χ3v) is 5.39. The molecule has 3 aliphatic rings. The monoisotopic (exact) mass is 336 g/mol. The molecule has 2 fully saturated rings. The normalized spacial score (nSPS) is 25.4. The van der Waals surface area contributed by atoms with E-state index in [-0.39, 0.29) is 5.54 Å². The number of likely N-dealkylation sites (N-methyl/N-ethyl adjacent to an activating group) is 1. The lowest BCUT2D eigenvalue weighted by Crippen LogP contribution is -2.63. The summed E-state index contributed by atoms with van der Waals surface area (Å²) in [7, 11) is 2.19. The van der Waals surface area contributed by atoms with Crippen LogP contribution < -0.4 is 5.32 Å². The molecule has 0 radical (unpaired) electrons. The van der Waals surface area contributed by atoms with E-state index in [1.54, 1.807) is 6.08 Å². The molecule has 0 unspecified atom stereocenters. The second-order valence-electron chi connectivity index (χ2n) is 6.98. The van der Waals surface area contributed by atoms with E-state index in [0.717, 1.165) is 58.7 Å². The minimum atomic E-state index is -1.26. The number of piperidine rings is 1. The average molecular weight is 336 g/mol. The highest BCUT2D eigenvalue weighted by Crippen LogP contribution is 2.29. The lowest BCUT2D eigenvalue weighted by atomic mass is 9.85. The summed E-state index contributed by atoms with van der Waals surface area (Å²) in [6, 6.07) is 0. The summed E-state index contributed by atoms with van der Waals surface area (Å²) < 4.78 is 4.72. The Morgan fingerprint density at radius 2 is 2.00 bits per heavy atom. The Bertz CT molecular complexity index is 506. The van der Waals surface area contributed by atoms with Crippen LogP contribution in [0.15, 0.2) is 24.1 Å². The van der Waals surface area contributed by atoms with Crippen molar-refractivity contribution in [1.29, 1.82) is 0 Å². The van der Waals surface area contributed by atoms with E-state index >= 15 is 0 Å². The molecule has 2 N–H and O–H groups in total. The Morgan fingerprint density at radius 1 is 1.29 bits per heavy atom. The van der Waals surface area contributed by atoms with Crippen molar-refractivity contribution >= 4 is 6.16 Å². The summed E-state index contributed by atoms with van der Waals surface area (Å²) in [6.45, 7) is 8.30. The smallest absolute Gasteiger partial charge is 0.449 e. The molecular weight excluding hydrogens is 308 g/mol. The van der Waals surface area contributed by atoms with Crippen LogP contribution in [0.3, 0.4) is 0 Å². The molecule has 2 saturated heterocycles. The first-order valence-electron chi connectivity index (χ1n) is 8.75. The number of ether oxygens (including phenoxy) is 1. The quantitative estimate of drug-likeness (QED) is 0.735. The van der Waals surface area contributed by atoms with Crippen molar-refractivity contribution < 1.29 is 14.6 Å². The number of allylic oxidation sites excluding steroid dienone is 1. The van der Waals surface area contributed by atoms with Crippen molar-refractivity contribution in [2.75, 3.05) is 59.4 Å². The molecule has 3 aliphatic heterocycles. The van der Waals surface area contributed by atoms with Gasteiger partial charge in [0.2, 0.25) is 0 Å².